The molecule has 6 nitrogen and oxygen atoms in total. The van der Waals surface area contributed by atoms with E-state index in [9.17, 15) is 13.6 Å². The van der Waals surface area contributed by atoms with Crippen molar-refractivity contribution in [3.63, 3.8) is 0 Å². The Balaban J connectivity index is 1.32. The molecule has 1 amide bonds. The van der Waals surface area contributed by atoms with Gasteiger partial charge in [0.25, 0.3) is 5.91 Å². The van der Waals surface area contributed by atoms with E-state index in [1.165, 1.54) is 24.3 Å². The van der Waals surface area contributed by atoms with Crippen LogP contribution in [0.4, 0.5) is 14.5 Å². The van der Waals surface area contributed by atoms with E-state index in [0.29, 0.717) is 18.0 Å². The van der Waals surface area contributed by atoms with Gasteiger partial charge in [0, 0.05) is 38.4 Å². The van der Waals surface area contributed by atoms with Crippen molar-refractivity contribution >= 4 is 11.6 Å². The van der Waals surface area contributed by atoms with Crippen LogP contribution < -0.4 is 19.7 Å². The van der Waals surface area contributed by atoms with Crippen molar-refractivity contribution in [1.29, 1.82) is 0 Å². The number of piperazine rings is 1. The molecule has 0 aliphatic carbocycles. The first kappa shape index (κ1) is 22.2. The Kier molecular flexibility index (Phi) is 6.31. The standard InChI is InChI=1S/C26H25F2N3O3/c27-19-6-8-20(9-7-19)30-11-13-31(14-12-30)23(18-5-10-24-25(15-18)34-17-33-24)16-29-26(32)21-3-1-2-4-22(21)28/h1-10,15,23H,11-14,16-17H2,(H,29,32)/t23-/m1/s1. The quantitative estimate of drug-likeness (QED) is 0.597. The molecule has 1 fully saturated rings. The van der Waals surface area contributed by atoms with Crippen molar-refractivity contribution < 1.29 is 23.0 Å². The van der Waals surface area contributed by atoms with Crippen molar-refractivity contribution in [1.82, 2.24) is 10.2 Å². The van der Waals surface area contributed by atoms with Crippen molar-refractivity contribution in [2.24, 2.45) is 0 Å². The fraction of sp³-hybridized carbons (Fsp3) is 0.269. The number of carbonyl (C=O) groups is 1. The second-order valence-electron chi connectivity index (χ2n) is 8.32. The lowest BCUT2D eigenvalue weighted by Crippen LogP contribution is -2.50. The number of benzene rings is 3. The molecule has 1 N–H and O–H groups in total. The molecule has 8 heteroatoms. The molecular formula is C26H25F2N3O3. The Hall–Kier alpha value is -3.65. The van der Waals surface area contributed by atoms with Crippen LogP contribution in [0.1, 0.15) is 22.0 Å². The molecule has 0 unspecified atom stereocenters. The van der Waals surface area contributed by atoms with Crippen LogP contribution in [0.2, 0.25) is 0 Å². The molecule has 2 aliphatic rings. The van der Waals surface area contributed by atoms with Gasteiger partial charge in [-0.15, -0.1) is 0 Å². The summed E-state index contributed by atoms with van der Waals surface area (Å²) in [5.74, 6) is 0.115. The van der Waals surface area contributed by atoms with Crippen molar-refractivity contribution in [2.75, 3.05) is 44.4 Å². The summed E-state index contributed by atoms with van der Waals surface area (Å²) in [6.45, 7) is 3.49. The zero-order valence-electron chi connectivity index (χ0n) is 18.5. The Labute approximate surface area is 196 Å². The van der Waals surface area contributed by atoms with Crippen molar-refractivity contribution in [2.45, 2.75) is 6.04 Å². The van der Waals surface area contributed by atoms with E-state index in [4.69, 9.17) is 9.47 Å². The molecule has 34 heavy (non-hydrogen) atoms. The number of hydrogen-bond acceptors (Lipinski definition) is 5. The molecule has 5 rings (SSSR count). The predicted octanol–water partition coefficient (Wildman–Crippen LogP) is 3.99. The first-order valence-electron chi connectivity index (χ1n) is 11.3. The third kappa shape index (κ3) is 4.68. The number of carbonyl (C=O) groups excluding carboxylic acids is 1. The largest absolute Gasteiger partial charge is 0.454 e. The molecule has 0 saturated carbocycles. The smallest absolute Gasteiger partial charge is 0.254 e. The lowest BCUT2D eigenvalue weighted by molar-refractivity contribution is 0.0926. The fourth-order valence-electron chi connectivity index (χ4n) is 4.45. The highest BCUT2D eigenvalue weighted by molar-refractivity contribution is 5.94. The molecule has 2 heterocycles. The van der Waals surface area contributed by atoms with E-state index in [2.05, 4.69) is 15.1 Å². The normalized spacial score (nSPS) is 16.4. The van der Waals surface area contributed by atoms with Gasteiger partial charge in [-0.25, -0.2) is 8.78 Å². The van der Waals surface area contributed by atoms with E-state index in [1.807, 2.05) is 18.2 Å². The second kappa shape index (κ2) is 9.69. The molecule has 3 aromatic rings. The highest BCUT2D eigenvalue weighted by atomic mass is 19.1. The first-order chi connectivity index (χ1) is 16.6. The number of amides is 1. The molecule has 0 aromatic heterocycles. The SMILES string of the molecule is O=C(NC[C@H](c1ccc2c(c1)OCO2)N1CCN(c2ccc(F)cc2)CC1)c1ccccc1F. The predicted molar refractivity (Wildman–Crippen MR) is 124 cm³/mol. The number of nitrogens with one attached hydrogen (secondary N) is 1. The average Bonchev–Trinajstić information content (AvgIpc) is 3.33. The van der Waals surface area contributed by atoms with Gasteiger partial charge in [0.15, 0.2) is 11.5 Å². The Morgan fingerprint density at radius 2 is 1.65 bits per heavy atom. The average molecular weight is 466 g/mol. The maximum absolute atomic E-state index is 14.1. The monoisotopic (exact) mass is 465 g/mol. The van der Waals surface area contributed by atoms with Gasteiger partial charge >= 0.3 is 0 Å². The van der Waals surface area contributed by atoms with Crippen LogP contribution in [0, 0.1) is 11.6 Å². The number of fused-ring (bicyclic) bond motifs is 1. The Morgan fingerprint density at radius 1 is 0.912 bits per heavy atom. The summed E-state index contributed by atoms with van der Waals surface area (Å²) in [6.07, 6.45) is 0. The number of hydrogen-bond donors (Lipinski definition) is 1. The third-order valence-corrected chi connectivity index (χ3v) is 6.30. The van der Waals surface area contributed by atoms with Crippen LogP contribution in [0.15, 0.2) is 66.7 Å². The van der Waals surface area contributed by atoms with Gasteiger partial charge in [0.1, 0.15) is 11.6 Å². The zero-order chi connectivity index (χ0) is 23.5. The molecule has 2 aliphatic heterocycles. The van der Waals surface area contributed by atoms with Crippen LogP contribution in [-0.4, -0.2) is 50.3 Å². The van der Waals surface area contributed by atoms with Crippen LogP contribution in [0.3, 0.4) is 0 Å². The summed E-state index contributed by atoms with van der Waals surface area (Å²) in [4.78, 5) is 17.2. The number of halogens is 2. The molecule has 0 spiro atoms. The minimum atomic E-state index is -0.549. The van der Waals surface area contributed by atoms with E-state index in [-0.39, 0.29) is 24.2 Å². The first-order valence-corrected chi connectivity index (χ1v) is 11.3. The molecule has 1 saturated heterocycles. The lowest BCUT2D eigenvalue weighted by Gasteiger charge is -2.40. The van der Waals surface area contributed by atoms with Gasteiger partial charge in [0.05, 0.1) is 11.6 Å². The third-order valence-electron chi connectivity index (χ3n) is 6.30. The Morgan fingerprint density at radius 3 is 2.41 bits per heavy atom. The maximum Gasteiger partial charge on any atom is 0.254 e. The summed E-state index contributed by atoms with van der Waals surface area (Å²) in [7, 11) is 0. The van der Waals surface area contributed by atoms with Crippen molar-refractivity contribution in [3.05, 3.63) is 89.5 Å². The highest BCUT2D eigenvalue weighted by Gasteiger charge is 2.28. The number of nitrogens with zero attached hydrogens (tertiary/aromatic N) is 2. The minimum absolute atomic E-state index is 0.0214. The Bertz CT molecular complexity index is 1160. The fourth-order valence-corrected chi connectivity index (χ4v) is 4.45. The minimum Gasteiger partial charge on any atom is -0.454 e. The molecule has 176 valence electrons. The van der Waals surface area contributed by atoms with Crippen LogP contribution in [-0.2, 0) is 0 Å². The van der Waals surface area contributed by atoms with Crippen LogP contribution in [0.25, 0.3) is 0 Å². The summed E-state index contributed by atoms with van der Waals surface area (Å²) < 4.78 is 38.4. The van der Waals surface area contributed by atoms with Gasteiger partial charge in [-0.05, 0) is 54.1 Å². The van der Waals surface area contributed by atoms with Crippen LogP contribution in [0.5, 0.6) is 11.5 Å². The molecule has 1 atom stereocenters. The van der Waals surface area contributed by atoms with Gasteiger partial charge in [0.2, 0.25) is 6.79 Å². The second-order valence-corrected chi connectivity index (χ2v) is 8.32. The van der Waals surface area contributed by atoms with Gasteiger partial charge in [-0.2, -0.15) is 0 Å². The topological polar surface area (TPSA) is 54.0 Å². The summed E-state index contributed by atoms with van der Waals surface area (Å²) in [6, 6.07) is 18.1. The molecule has 0 bridgehead atoms. The number of anilines is 1. The highest BCUT2D eigenvalue weighted by Crippen LogP contribution is 2.36. The van der Waals surface area contributed by atoms with Crippen molar-refractivity contribution in [3.8, 4) is 11.5 Å². The maximum atomic E-state index is 14.1. The lowest BCUT2D eigenvalue weighted by atomic mass is 10.0. The van der Waals surface area contributed by atoms with E-state index in [0.717, 1.165) is 37.4 Å². The van der Waals surface area contributed by atoms with Crippen LogP contribution >= 0.6 is 0 Å². The summed E-state index contributed by atoms with van der Waals surface area (Å²) in [5.41, 5.74) is 1.98. The summed E-state index contributed by atoms with van der Waals surface area (Å²) >= 11 is 0. The molecule has 0 radical (unpaired) electrons. The number of ether oxygens (including phenoxy) is 2. The van der Waals surface area contributed by atoms with E-state index in [1.54, 1.807) is 24.3 Å². The molecular weight excluding hydrogens is 440 g/mol. The molecule has 3 aromatic carbocycles. The van der Waals surface area contributed by atoms with Gasteiger partial charge in [-0.1, -0.05) is 18.2 Å². The summed E-state index contributed by atoms with van der Waals surface area (Å²) in [5, 5.41) is 2.90. The van der Waals surface area contributed by atoms with Gasteiger partial charge < -0.3 is 19.7 Å². The van der Waals surface area contributed by atoms with E-state index < -0.39 is 11.7 Å². The van der Waals surface area contributed by atoms with Gasteiger partial charge in [-0.3, -0.25) is 9.69 Å². The zero-order valence-corrected chi connectivity index (χ0v) is 18.5. The van der Waals surface area contributed by atoms with E-state index >= 15 is 0 Å². The number of rotatable bonds is 6.